The van der Waals surface area contributed by atoms with E-state index in [1.54, 1.807) is 0 Å². The molecule has 0 saturated carbocycles. The van der Waals surface area contributed by atoms with E-state index in [0.717, 1.165) is 70.7 Å². The molecule has 2 aliphatic rings. The molecule has 2 fully saturated rings. The maximum absolute atomic E-state index is 11.2. The first-order valence-electron chi connectivity index (χ1n) is 8.79. The Morgan fingerprint density at radius 1 is 1.30 bits per heavy atom. The van der Waals surface area contributed by atoms with Crippen molar-refractivity contribution in [1.29, 1.82) is 0 Å². The summed E-state index contributed by atoms with van der Waals surface area (Å²) in [6.45, 7) is 5.11. The Bertz CT molecular complexity index is 522. The number of hydrogen-bond acceptors (Lipinski definition) is 4. The van der Waals surface area contributed by atoms with Crippen molar-refractivity contribution in [3.63, 3.8) is 0 Å². The Morgan fingerprint density at radius 3 is 2.74 bits per heavy atom. The van der Waals surface area contributed by atoms with E-state index < -0.39 is 5.97 Å². The molecule has 2 saturated heterocycles. The number of piperidine rings is 2. The fourth-order valence-electron chi connectivity index (χ4n) is 3.94. The Labute approximate surface area is 138 Å². The minimum atomic E-state index is -0.623. The molecule has 1 aromatic rings. The lowest BCUT2D eigenvalue weighted by Gasteiger charge is -2.41. The van der Waals surface area contributed by atoms with Gasteiger partial charge < -0.3 is 14.6 Å². The monoisotopic (exact) mass is 320 g/mol. The Balaban J connectivity index is 1.43. The smallest absolute Gasteiger partial charge is 0.307 e. The lowest BCUT2D eigenvalue weighted by atomic mass is 9.94. The average molecular weight is 320 g/mol. The van der Waals surface area contributed by atoms with Gasteiger partial charge in [0.1, 0.15) is 5.82 Å². The van der Waals surface area contributed by atoms with Crippen LogP contribution in [0.15, 0.2) is 12.4 Å². The normalized spacial score (nSPS) is 24.8. The second kappa shape index (κ2) is 7.45. The Hall–Kier alpha value is -1.40. The zero-order valence-electron chi connectivity index (χ0n) is 14.0. The molecule has 128 valence electrons. The number of carbonyl (C=O) groups is 1. The molecule has 3 rings (SSSR count). The average Bonchev–Trinajstić information content (AvgIpc) is 2.98. The van der Waals surface area contributed by atoms with Crippen molar-refractivity contribution in [2.24, 2.45) is 13.0 Å². The van der Waals surface area contributed by atoms with Gasteiger partial charge in [-0.25, -0.2) is 4.98 Å². The van der Waals surface area contributed by atoms with Gasteiger partial charge in [-0.1, -0.05) is 0 Å². The summed E-state index contributed by atoms with van der Waals surface area (Å²) in [4.78, 5) is 20.5. The van der Waals surface area contributed by atoms with Crippen LogP contribution in [0.25, 0.3) is 0 Å². The summed E-state index contributed by atoms with van der Waals surface area (Å²) in [5, 5.41) is 9.24. The van der Waals surface area contributed by atoms with Crippen LogP contribution in [-0.2, 0) is 18.3 Å². The summed E-state index contributed by atoms with van der Waals surface area (Å²) in [5.41, 5.74) is 0. The molecule has 0 unspecified atom stereocenters. The summed E-state index contributed by atoms with van der Waals surface area (Å²) >= 11 is 0. The highest BCUT2D eigenvalue weighted by molar-refractivity contribution is 5.70. The maximum Gasteiger partial charge on any atom is 0.307 e. The lowest BCUT2D eigenvalue weighted by Crippen LogP contribution is -2.49. The van der Waals surface area contributed by atoms with E-state index >= 15 is 0 Å². The molecule has 0 radical (unpaired) electrons. The van der Waals surface area contributed by atoms with Gasteiger partial charge in [-0.15, -0.1) is 0 Å². The first-order valence-corrected chi connectivity index (χ1v) is 8.79. The highest BCUT2D eigenvalue weighted by Crippen LogP contribution is 2.24. The lowest BCUT2D eigenvalue weighted by molar-refractivity contribution is -0.144. The van der Waals surface area contributed by atoms with E-state index in [9.17, 15) is 9.90 Å². The quantitative estimate of drug-likeness (QED) is 0.884. The third-order valence-corrected chi connectivity index (χ3v) is 5.45. The highest BCUT2D eigenvalue weighted by atomic mass is 16.4. The van der Waals surface area contributed by atoms with Crippen LogP contribution < -0.4 is 0 Å². The zero-order chi connectivity index (χ0) is 16.2. The topological polar surface area (TPSA) is 61.6 Å². The van der Waals surface area contributed by atoms with Crippen LogP contribution in [0.2, 0.25) is 0 Å². The summed E-state index contributed by atoms with van der Waals surface area (Å²) in [5.74, 6) is 0.361. The predicted octanol–water partition coefficient (Wildman–Crippen LogP) is 1.22. The van der Waals surface area contributed by atoms with Crippen molar-refractivity contribution in [2.45, 2.75) is 38.1 Å². The Morgan fingerprint density at radius 2 is 2.09 bits per heavy atom. The molecule has 1 N–H and O–H groups in total. The van der Waals surface area contributed by atoms with Gasteiger partial charge in [0.05, 0.1) is 5.92 Å². The van der Waals surface area contributed by atoms with Crippen molar-refractivity contribution < 1.29 is 9.90 Å². The molecule has 0 amide bonds. The molecular weight excluding hydrogens is 292 g/mol. The third-order valence-electron chi connectivity index (χ3n) is 5.45. The van der Waals surface area contributed by atoms with Gasteiger partial charge in [0.15, 0.2) is 0 Å². The number of aryl methyl sites for hydroxylation is 1. The van der Waals surface area contributed by atoms with E-state index in [1.165, 1.54) is 0 Å². The molecule has 1 aromatic heterocycles. The molecule has 0 aliphatic carbocycles. The molecule has 1 atom stereocenters. The second-order valence-electron chi connectivity index (χ2n) is 6.95. The van der Waals surface area contributed by atoms with E-state index in [0.29, 0.717) is 6.04 Å². The molecular formula is C17H28N4O2. The van der Waals surface area contributed by atoms with Crippen molar-refractivity contribution in [3.8, 4) is 0 Å². The van der Waals surface area contributed by atoms with Crippen LogP contribution in [0.4, 0.5) is 0 Å². The number of rotatable bonds is 5. The van der Waals surface area contributed by atoms with Crippen LogP contribution in [0.1, 0.15) is 31.5 Å². The summed E-state index contributed by atoms with van der Waals surface area (Å²) in [7, 11) is 2.05. The first-order chi connectivity index (χ1) is 11.1. The van der Waals surface area contributed by atoms with Gasteiger partial charge in [-0.2, -0.15) is 0 Å². The van der Waals surface area contributed by atoms with Gasteiger partial charge in [0, 0.05) is 45.0 Å². The van der Waals surface area contributed by atoms with E-state index in [2.05, 4.69) is 19.4 Å². The number of imidazole rings is 1. The third kappa shape index (κ3) is 4.12. The number of carboxylic acid groups (broad SMARTS) is 1. The van der Waals surface area contributed by atoms with Crippen LogP contribution in [-0.4, -0.2) is 69.2 Å². The fourth-order valence-corrected chi connectivity index (χ4v) is 3.94. The molecule has 6 heteroatoms. The molecule has 23 heavy (non-hydrogen) atoms. The van der Waals surface area contributed by atoms with Gasteiger partial charge in [0.25, 0.3) is 0 Å². The number of likely N-dealkylation sites (tertiary alicyclic amines) is 2. The number of nitrogens with zero attached hydrogens (tertiary/aromatic N) is 4. The van der Waals surface area contributed by atoms with Gasteiger partial charge in [-0.05, 0) is 45.3 Å². The largest absolute Gasteiger partial charge is 0.481 e. The van der Waals surface area contributed by atoms with Gasteiger partial charge in [-0.3, -0.25) is 9.69 Å². The molecule has 0 spiro atoms. The van der Waals surface area contributed by atoms with Crippen molar-refractivity contribution in [1.82, 2.24) is 19.4 Å². The van der Waals surface area contributed by atoms with E-state index in [-0.39, 0.29) is 5.92 Å². The van der Waals surface area contributed by atoms with E-state index in [1.807, 2.05) is 19.4 Å². The number of aromatic nitrogens is 2. The molecule has 2 aliphatic heterocycles. The standard InChI is InChI=1S/C17H28N4O2/c1-19-12-7-18-16(19)6-11-20-9-4-15(5-10-20)21-8-2-3-14(13-21)17(22)23/h7,12,14-15H,2-6,8-11,13H2,1H3,(H,22,23)/t14-/m0/s1. The van der Waals surface area contributed by atoms with Crippen LogP contribution in [0.3, 0.4) is 0 Å². The van der Waals surface area contributed by atoms with Crippen LogP contribution >= 0.6 is 0 Å². The van der Waals surface area contributed by atoms with Gasteiger partial charge >= 0.3 is 5.97 Å². The number of aliphatic carboxylic acids is 1. The van der Waals surface area contributed by atoms with Crippen LogP contribution in [0, 0.1) is 5.92 Å². The van der Waals surface area contributed by atoms with Crippen molar-refractivity contribution in [2.75, 3.05) is 32.7 Å². The summed E-state index contributed by atoms with van der Waals surface area (Å²) in [6.07, 6.45) is 9.04. The first kappa shape index (κ1) is 16.5. The second-order valence-corrected chi connectivity index (χ2v) is 6.95. The minimum Gasteiger partial charge on any atom is -0.481 e. The molecule has 6 nitrogen and oxygen atoms in total. The molecule has 3 heterocycles. The van der Waals surface area contributed by atoms with Gasteiger partial charge in [0.2, 0.25) is 0 Å². The maximum atomic E-state index is 11.2. The zero-order valence-corrected chi connectivity index (χ0v) is 14.0. The molecule has 0 bridgehead atoms. The Kier molecular flexibility index (Phi) is 5.33. The molecule has 0 aromatic carbocycles. The summed E-state index contributed by atoms with van der Waals surface area (Å²) in [6, 6.07) is 0.571. The van der Waals surface area contributed by atoms with Crippen LogP contribution in [0.5, 0.6) is 0 Å². The number of hydrogen-bond donors (Lipinski definition) is 1. The summed E-state index contributed by atoms with van der Waals surface area (Å²) < 4.78 is 2.09. The minimum absolute atomic E-state index is 0.162. The fraction of sp³-hybridized carbons (Fsp3) is 0.765. The SMILES string of the molecule is Cn1ccnc1CCN1CCC(N2CCC[C@H](C(=O)O)C2)CC1. The van der Waals surface area contributed by atoms with E-state index in [4.69, 9.17) is 0 Å². The van der Waals surface area contributed by atoms with Crippen molar-refractivity contribution in [3.05, 3.63) is 18.2 Å². The number of carboxylic acids is 1. The predicted molar refractivity (Wildman–Crippen MR) is 88.3 cm³/mol. The highest BCUT2D eigenvalue weighted by Gasteiger charge is 2.31. The van der Waals surface area contributed by atoms with Crippen molar-refractivity contribution >= 4 is 5.97 Å².